The topological polar surface area (TPSA) is 56.6 Å². The van der Waals surface area contributed by atoms with E-state index in [4.69, 9.17) is 9.47 Å². The highest BCUT2D eigenvalue weighted by atomic mass is 16.5. The zero-order valence-electron chi connectivity index (χ0n) is 17.5. The van der Waals surface area contributed by atoms with Crippen molar-refractivity contribution in [2.45, 2.75) is 51.0 Å². The lowest BCUT2D eigenvalue weighted by molar-refractivity contribution is 0.0685. The SMILES string of the molecule is COc1ccc(CC2CCN(C(=O)c3cn(C)cn3)CC2)cc1OC1CCCC1. The van der Waals surface area contributed by atoms with E-state index in [0.29, 0.717) is 17.7 Å². The van der Waals surface area contributed by atoms with Crippen molar-refractivity contribution in [2.24, 2.45) is 13.0 Å². The molecule has 0 unspecified atom stereocenters. The van der Waals surface area contributed by atoms with E-state index in [9.17, 15) is 4.79 Å². The fraction of sp³-hybridized carbons (Fsp3) is 0.565. The lowest BCUT2D eigenvalue weighted by Gasteiger charge is -2.31. The average molecular weight is 398 g/mol. The van der Waals surface area contributed by atoms with Crippen molar-refractivity contribution in [3.63, 3.8) is 0 Å². The number of hydrogen-bond acceptors (Lipinski definition) is 4. The minimum absolute atomic E-state index is 0.0424. The molecule has 2 fully saturated rings. The van der Waals surface area contributed by atoms with E-state index in [1.807, 2.05) is 22.6 Å². The molecule has 1 aromatic carbocycles. The van der Waals surface area contributed by atoms with Crippen LogP contribution in [0.25, 0.3) is 0 Å². The van der Waals surface area contributed by atoms with E-state index in [2.05, 4.69) is 17.1 Å². The number of likely N-dealkylation sites (tertiary alicyclic amines) is 1. The van der Waals surface area contributed by atoms with Crippen molar-refractivity contribution in [3.8, 4) is 11.5 Å². The molecule has 29 heavy (non-hydrogen) atoms. The molecule has 1 aromatic heterocycles. The van der Waals surface area contributed by atoms with Crippen molar-refractivity contribution in [1.82, 2.24) is 14.5 Å². The Labute approximate surface area is 172 Å². The van der Waals surface area contributed by atoms with E-state index in [1.165, 1.54) is 18.4 Å². The van der Waals surface area contributed by atoms with Crippen LogP contribution in [0.1, 0.15) is 54.6 Å². The smallest absolute Gasteiger partial charge is 0.274 e. The summed E-state index contributed by atoms with van der Waals surface area (Å²) in [6, 6.07) is 6.33. The highest BCUT2D eigenvalue weighted by molar-refractivity contribution is 5.92. The van der Waals surface area contributed by atoms with Gasteiger partial charge in [-0.1, -0.05) is 6.07 Å². The summed E-state index contributed by atoms with van der Waals surface area (Å²) in [4.78, 5) is 18.7. The first kappa shape index (κ1) is 19.8. The van der Waals surface area contributed by atoms with E-state index in [-0.39, 0.29) is 5.91 Å². The first-order chi connectivity index (χ1) is 14.1. The van der Waals surface area contributed by atoms with Crippen molar-refractivity contribution >= 4 is 5.91 Å². The van der Waals surface area contributed by atoms with Crippen LogP contribution in [0.2, 0.25) is 0 Å². The van der Waals surface area contributed by atoms with Crippen molar-refractivity contribution in [3.05, 3.63) is 42.0 Å². The second-order valence-corrected chi connectivity index (χ2v) is 8.37. The van der Waals surface area contributed by atoms with Gasteiger partial charge >= 0.3 is 0 Å². The van der Waals surface area contributed by atoms with Crippen molar-refractivity contribution in [2.75, 3.05) is 20.2 Å². The standard InChI is InChI=1S/C23H31N3O3/c1-25-15-20(24-16-25)23(27)26-11-9-17(10-12-26)13-18-7-8-21(28-2)22(14-18)29-19-5-3-4-6-19/h7-8,14-17,19H,3-6,9-13H2,1-2H3. The molecule has 156 valence electrons. The number of benzene rings is 1. The molecule has 2 aliphatic rings. The Balaban J connectivity index is 1.34. The number of aromatic nitrogens is 2. The summed E-state index contributed by atoms with van der Waals surface area (Å²) in [7, 11) is 3.58. The summed E-state index contributed by atoms with van der Waals surface area (Å²) in [5.41, 5.74) is 1.82. The summed E-state index contributed by atoms with van der Waals surface area (Å²) < 4.78 is 13.6. The number of imidazole rings is 1. The van der Waals surface area contributed by atoms with E-state index in [1.54, 1.807) is 19.6 Å². The van der Waals surface area contributed by atoms with Gasteiger partial charge in [0.2, 0.25) is 0 Å². The van der Waals surface area contributed by atoms with E-state index >= 15 is 0 Å². The summed E-state index contributed by atoms with van der Waals surface area (Å²) in [5, 5.41) is 0. The molecule has 1 saturated carbocycles. The molecule has 1 aliphatic carbocycles. The third kappa shape index (κ3) is 4.74. The normalized spacial score (nSPS) is 18.2. The minimum Gasteiger partial charge on any atom is -0.493 e. The third-order valence-corrected chi connectivity index (χ3v) is 6.17. The summed E-state index contributed by atoms with van der Waals surface area (Å²) >= 11 is 0. The van der Waals surface area contributed by atoms with Crippen LogP contribution < -0.4 is 9.47 Å². The molecule has 0 bridgehead atoms. The van der Waals surface area contributed by atoms with Crippen LogP contribution in [0, 0.1) is 5.92 Å². The number of carbonyl (C=O) groups excluding carboxylic acids is 1. The fourth-order valence-electron chi connectivity index (χ4n) is 4.48. The maximum absolute atomic E-state index is 12.6. The Kier molecular flexibility index (Phi) is 6.07. The first-order valence-electron chi connectivity index (χ1n) is 10.7. The van der Waals surface area contributed by atoms with Crippen LogP contribution >= 0.6 is 0 Å². The van der Waals surface area contributed by atoms with Gasteiger partial charge in [0.25, 0.3) is 5.91 Å². The monoisotopic (exact) mass is 397 g/mol. The van der Waals surface area contributed by atoms with E-state index < -0.39 is 0 Å². The quantitative estimate of drug-likeness (QED) is 0.743. The number of ether oxygens (including phenoxy) is 2. The third-order valence-electron chi connectivity index (χ3n) is 6.17. The lowest BCUT2D eigenvalue weighted by atomic mass is 9.90. The van der Waals surface area contributed by atoms with E-state index in [0.717, 1.165) is 56.7 Å². The number of carbonyl (C=O) groups is 1. The first-order valence-corrected chi connectivity index (χ1v) is 10.7. The molecule has 1 aliphatic heterocycles. The van der Waals surface area contributed by atoms with Gasteiger partial charge in [-0.2, -0.15) is 0 Å². The van der Waals surface area contributed by atoms with Gasteiger partial charge in [-0.3, -0.25) is 4.79 Å². The Morgan fingerprint density at radius 1 is 1.14 bits per heavy atom. The van der Waals surface area contributed by atoms with Gasteiger partial charge in [-0.25, -0.2) is 4.98 Å². The number of aryl methyl sites for hydroxylation is 1. The maximum Gasteiger partial charge on any atom is 0.274 e. The Morgan fingerprint density at radius 3 is 2.55 bits per heavy atom. The highest BCUT2D eigenvalue weighted by Crippen LogP contribution is 2.34. The molecule has 1 amide bonds. The number of piperidine rings is 1. The molecule has 4 rings (SSSR count). The van der Waals surface area contributed by atoms with Crippen LogP contribution in [-0.4, -0.2) is 46.7 Å². The summed E-state index contributed by atoms with van der Waals surface area (Å²) in [5.74, 6) is 2.31. The summed E-state index contributed by atoms with van der Waals surface area (Å²) in [6.07, 6.45) is 11.6. The highest BCUT2D eigenvalue weighted by Gasteiger charge is 2.25. The number of hydrogen-bond donors (Lipinski definition) is 0. The molecule has 0 atom stereocenters. The van der Waals surface area contributed by atoms with Gasteiger partial charge in [-0.15, -0.1) is 0 Å². The molecule has 0 spiro atoms. The molecule has 6 heteroatoms. The molecule has 1 saturated heterocycles. The molecule has 6 nitrogen and oxygen atoms in total. The molecule has 0 radical (unpaired) electrons. The van der Waals surface area contributed by atoms with Crippen LogP contribution in [0.3, 0.4) is 0 Å². The second kappa shape index (κ2) is 8.89. The van der Waals surface area contributed by atoms with Crippen LogP contribution in [0.5, 0.6) is 11.5 Å². The predicted octanol–water partition coefficient (Wildman–Crippen LogP) is 3.85. The Hall–Kier alpha value is -2.50. The molecule has 2 heterocycles. The number of amides is 1. The molecular formula is C23H31N3O3. The van der Waals surface area contributed by atoms with Crippen molar-refractivity contribution in [1.29, 1.82) is 0 Å². The number of rotatable bonds is 6. The van der Waals surface area contributed by atoms with Crippen LogP contribution in [0.15, 0.2) is 30.7 Å². The van der Waals surface area contributed by atoms with Gasteiger partial charge in [0.15, 0.2) is 11.5 Å². The Bertz CT molecular complexity index is 834. The van der Waals surface area contributed by atoms with Crippen LogP contribution in [-0.2, 0) is 13.5 Å². The molecule has 2 aromatic rings. The summed E-state index contributed by atoms with van der Waals surface area (Å²) in [6.45, 7) is 1.59. The van der Waals surface area contributed by atoms with Gasteiger partial charge in [0.05, 0.1) is 19.5 Å². The van der Waals surface area contributed by atoms with Crippen LogP contribution in [0.4, 0.5) is 0 Å². The zero-order chi connectivity index (χ0) is 20.2. The largest absolute Gasteiger partial charge is 0.493 e. The lowest BCUT2D eigenvalue weighted by Crippen LogP contribution is -2.39. The van der Waals surface area contributed by atoms with Gasteiger partial charge < -0.3 is 18.9 Å². The van der Waals surface area contributed by atoms with Gasteiger partial charge in [0.1, 0.15) is 5.69 Å². The molecule has 0 N–H and O–H groups in total. The van der Waals surface area contributed by atoms with Crippen molar-refractivity contribution < 1.29 is 14.3 Å². The predicted molar refractivity (Wildman–Crippen MR) is 111 cm³/mol. The molecular weight excluding hydrogens is 366 g/mol. The second-order valence-electron chi connectivity index (χ2n) is 8.37. The fourth-order valence-corrected chi connectivity index (χ4v) is 4.48. The maximum atomic E-state index is 12.6. The minimum atomic E-state index is 0.0424. The zero-order valence-corrected chi connectivity index (χ0v) is 17.5. The average Bonchev–Trinajstić information content (AvgIpc) is 3.40. The van der Waals surface area contributed by atoms with Gasteiger partial charge in [-0.05, 0) is 68.6 Å². The number of nitrogens with zero attached hydrogens (tertiary/aromatic N) is 3. The van der Waals surface area contributed by atoms with Gasteiger partial charge in [0, 0.05) is 26.3 Å². The Morgan fingerprint density at radius 2 is 1.90 bits per heavy atom. The number of methoxy groups -OCH3 is 1.